The van der Waals surface area contributed by atoms with E-state index in [-0.39, 0.29) is 24.3 Å². The first kappa shape index (κ1) is 23.8. The van der Waals surface area contributed by atoms with Crippen molar-refractivity contribution in [2.24, 2.45) is 0 Å². The van der Waals surface area contributed by atoms with Crippen LogP contribution in [0.15, 0.2) is 54.7 Å². The fraction of sp³-hybridized carbons (Fsp3) is 0.261. The van der Waals surface area contributed by atoms with Crippen molar-refractivity contribution in [3.05, 3.63) is 71.5 Å². The Labute approximate surface area is 188 Å². The number of hydrogen-bond acceptors (Lipinski definition) is 4. The van der Waals surface area contributed by atoms with Gasteiger partial charge in [-0.2, -0.15) is 18.3 Å². The van der Waals surface area contributed by atoms with E-state index in [9.17, 15) is 22.8 Å². The van der Waals surface area contributed by atoms with Crippen molar-refractivity contribution < 1.29 is 27.5 Å². The Balaban J connectivity index is 1.77. The summed E-state index contributed by atoms with van der Waals surface area (Å²) in [6.07, 6.45) is -3.20. The summed E-state index contributed by atoms with van der Waals surface area (Å²) in [4.78, 5) is 26.9. The van der Waals surface area contributed by atoms with Crippen LogP contribution in [-0.4, -0.2) is 46.7 Å². The molecular weight excluding hydrogens is 437 g/mol. The van der Waals surface area contributed by atoms with E-state index in [1.165, 1.54) is 35.0 Å². The SMILES string of the molecule is CCN(CC(=O)Nc1cccc(OC)c1)C(=O)c1cnn(-c2cccc(C(F)(F)F)c2)c1C. The standard InChI is InChI=1S/C23H23F3N4O3/c1-4-29(14-21(31)28-17-8-6-10-19(12-17)33-3)22(32)20-13-27-30(15(20)2)18-9-5-7-16(11-18)23(24,25)26/h5-13H,4,14H2,1-3H3,(H,28,31). The lowest BCUT2D eigenvalue weighted by atomic mass is 10.2. The molecule has 0 radical (unpaired) electrons. The van der Waals surface area contributed by atoms with Crippen LogP contribution < -0.4 is 10.1 Å². The van der Waals surface area contributed by atoms with Gasteiger partial charge in [0, 0.05) is 18.3 Å². The number of hydrogen-bond donors (Lipinski definition) is 1. The monoisotopic (exact) mass is 460 g/mol. The van der Waals surface area contributed by atoms with E-state index in [1.54, 1.807) is 38.1 Å². The van der Waals surface area contributed by atoms with Gasteiger partial charge < -0.3 is 15.0 Å². The van der Waals surface area contributed by atoms with Gasteiger partial charge in [0.05, 0.1) is 35.8 Å². The Morgan fingerprint density at radius 2 is 1.88 bits per heavy atom. The Kier molecular flexibility index (Phi) is 7.05. The van der Waals surface area contributed by atoms with Crippen molar-refractivity contribution in [3.63, 3.8) is 0 Å². The van der Waals surface area contributed by atoms with Gasteiger partial charge in [0.15, 0.2) is 0 Å². The van der Waals surface area contributed by atoms with E-state index < -0.39 is 23.6 Å². The summed E-state index contributed by atoms with van der Waals surface area (Å²) in [6.45, 7) is 3.35. The quantitative estimate of drug-likeness (QED) is 0.570. The molecule has 2 aromatic carbocycles. The second kappa shape index (κ2) is 9.76. The average Bonchev–Trinajstić information content (AvgIpc) is 3.17. The first-order chi connectivity index (χ1) is 15.6. The minimum atomic E-state index is -4.50. The Morgan fingerprint density at radius 1 is 1.15 bits per heavy atom. The van der Waals surface area contributed by atoms with E-state index >= 15 is 0 Å². The predicted molar refractivity (Wildman–Crippen MR) is 117 cm³/mol. The van der Waals surface area contributed by atoms with Crippen LogP contribution in [0.4, 0.5) is 18.9 Å². The van der Waals surface area contributed by atoms with Crippen LogP contribution in [0.3, 0.4) is 0 Å². The van der Waals surface area contributed by atoms with Gasteiger partial charge in [-0.15, -0.1) is 0 Å². The number of nitrogens with one attached hydrogen (secondary N) is 1. The third kappa shape index (κ3) is 5.51. The number of carbonyl (C=O) groups excluding carboxylic acids is 2. The molecule has 0 atom stereocenters. The average molecular weight is 460 g/mol. The molecule has 0 fully saturated rings. The number of carbonyl (C=O) groups is 2. The number of alkyl halides is 3. The molecule has 0 spiro atoms. The molecule has 0 bridgehead atoms. The number of amides is 2. The van der Waals surface area contributed by atoms with Crippen molar-refractivity contribution >= 4 is 17.5 Å². The molecule has 0 aliphatic rings. The highest BCUT2D eigenvalue weighted by Gasteiger charge is 2.31. The molecule has 0 unspecified atom stereocenters. The molecule has 1 heterocycles. The number of rotatable bonds is 7. The zero-order chi connectivity index (χ0) is 24.2. The molecule has 0 saturated heterocycles. The summed E-state index contributed by atoms with van der Waals surface area (Å²) < 4.78 is 45.6. The van der Waals surface area contributed by atoms with E-state index in [1.807, 2.05) is 0 Å². The third-order valence-corrected chi connectivity index (χ3v) is 5.02. The van der Waals surface area contributed by atoms with E-state index in [4.69, 9.17) is 4.74 Å². The Hall–Kier alpha value is -3.82. The molecule has 0 aliphatic carbocycles. The van der Waals surface area contributed by atoms with E-state index in [0.29, 0.717) is 17.1 Å². The van der Waals surface area contributed by atoms with Crippen LogP contribution in [0.25, 0.3) is 5.69 Å². The lowest BCUT2D eigenvalue weighted by Gasteiger charge is -2.20. The highest BCUT2D eigenvalue weighted by atomic mass is 19.4. The molecule has 0 aliphatic heterocycles. The molecule has 1 N–H and O–H groups in total. The van der Waals surface area contributed by atoms with Crippen LogP contribution in [0.5, 0.6) is 5.75 Å². The summed E-state index contributed by atoms with van der Waals surface area (Å²) in [5.74, 6) is -0.274. The molecule has 2 amide bonds. The maximum absolute atomic E-state index is 13.1. The van der Waals surface area contributed by atoms with Crippen LogP contribution in [0, 0.1) is 6.92 Å². The molecule has 0 saturated carbocycles. The number of nitrogens with zero attached hydrogens (tertiary/aromatic N) is 3. The van der Waals surface area contributed by atoms with Crippen molar-refractivity contribution in [1.29, 1.82) is 0 Å². The maximum Gasteiger partial charge on any atom is 0.416 e. The van der Waals surface area contributed by atoms with Gasteiger partial charge in [0.2, 0.25) is 5.91 Å². The van der Waals surface area contributed by atoms with Crippen molar-refractivity contribution in [1.82, 2.24) is 14.7 Å². The van der Waals surface area contributed by atoms with Crippen LogP contribution in [-0.2, 0) is 11.0 Å². The van der Waals surface area contributed by atoms with Crippen LogP contribution in [0.1, 0.15) is 28.5 Å². The van der Waals surface area contributed by atoms with Gasteiger partial charge in [-0.1, -0.05) is 12.1 Å². The summed E-state index contributed by atoms with van der Waals surface area (Å²) >= 11 is 0. The first-order valence-electron chi connectivity index (χ1n) is 10.1. The number of halogens is 3. The van der Waals surface area contributed by atoms with Gasteiger partial charge in [0.1, 0.15) is 12.3 Å². The number of anilines is 1. The topological polar surface area (TPSA) is 76.5 Å². The van der Waals surface area contributed by atoms with Gasteiger partial charge in [-0.25, -0.2) is 4.68 Å². The lowest BCUT2D eigenvalue weighted by Crippen LogP contribution is -2.38. The number of benzene rings is 2. The zero-order valence-corrected chi connectivity index (χ0v) is 18.3. The molecule has 7 nitrogen and oxygen atoms in total. The number of likely N-dealkylation sites (N-methyl/N-ethyl adjacent to an activating group) is 1. The predicted octanol–water partition coefficient (Wildman–Crippen LogP) is 4.31. The molecule has 1 aromatic heterocycles. The molecular formula is C23H23F3N4O3. The fourth-order valence-corrected chi connectivity index (χ4v) is 3.27. The fourth-order valence-electron chi connectivity index (χ4n) is 3.27. The zero-order valence-electron chi connectivity index (χ0n) is 18.3. The molecule has 3 aromatic rings. The van der Waals surface area contributed by atoms with Gasteiger partial charge in [-0.3, -0.25) is 9.59 Å². The minimum Gasteiger partial charge on any atom is -0.497 e. The first-order valence-corrected chi connectivity index (χ1v) is 10.1. The smallest absolute Gasteiger partial charge is 0.416 e. The largest absolute Gasteiger partial charge is 0.497 e. The van der Waals surface area contributed by atoms with Crippen molar-refractivity contribution in [3.8, 4) is 11.4 Å². The summed E-state index contributed by atoms with van der Waals surface area (Å²) in [5, 5.41) is 6.81. The third-order valence-electron chi connectivity index (χ3n) is 5.02. The molecule has 174 valence electrons. The van der Waals surface area contributed by atoms with Crippen LogP contribution in [0.2, 0.25) is 0 Å². The van der Waals surface area contributed by atoms with Gasteiger partial charge >= 0.3 is 6.18 Å². The van der Waals surface area contributed by atoms with Gasteiger partial charge in [-0.05, 0) is 44.2 Å². The van der Waals surface area contributed by atoms with E-state index in [2.05, 4.69) is 10.4 Å². The number of methoxy groups -OCH3 is 1. The lowest BCUT2D eigenvalue weighted by molar-refractivity contribution is -0.137. The van der Waals surface area contributed by atoms with Crippen LogP contribution >= 0.6 is 0 Å². The summed E-state index contributed by atoms with van der Waals surface area (Å²) in [5.41, 5.74) is 0.457. The van der Waals surface area contributed by atoms with Crippen molar-refractivity contribution in [2.45, 2.75) is 20.0 Å². The number of aromatic nitrogens is 2. The normalized spacial score (nSPS) is 11.2. The highest BCUT2D eigenvalue weighted by molar-refractivity contribution is 6.00. The second-order valence-electron chi connectivity index (χ2n) is 7.20. The molecule has 10 heteroatoms. The minimum absolute atomic E-state index is 0.181. The Bertz CT molecular complexity index is 1160. The Morgan fingerprint density at radius 3 is 2.55 bits per heavy atom. The highest BCUT2D eigenvalue weighted by Crippen LogP contribution is 2.30. The second-order valence-corrected chi connectivity index (χ2v) is 7.20. The number of ether oxygens (including phenoxy) is 1. The molecule has 3 rings (SSSR count). The maximum atomic E-state index is 13.1. The van der Waals surface area contributed by atoms with Gasteiger partial charge in [0.25, 0.3) is 5.91 Å². The summed E-state index contributed by atoms with van der Waals surface area (Å²) in [6, 6.07) is 11.5. The molecule has 33 heavy (non-hydrogen) atoms. The van der Waals surface area contributed by atoms with Crippen molar-refractivity contribution in [2.75, 3.05) is 25.5 Å². The summed E-state index contributed by atoms with van der Waals surface area (Å²) in [7, 11) is 1.51. The van der Waals surface area contributed by atoms with E-state index in [0.717, 1.165) is 12.1 Å².